The van der Waals surface area contributed by atoms with Crippen molar-refractivity contribution >= 4 is 15.8 Å². The number of hydrogen-bond donors (Lipinski definition) is 1. The largest absolute Gasteiger partial charge is 0.267 e. The first-order valence-electron chi connectivity index (χ1n) is 5.84. The van der Waals surface area contributed by atoms with Crippen molar-refractivity contribution in [2.24, 2.45) is 0 Å². The van der Waals surface area contributed by atoms with Crippen LogP contribution in [0.15, 0.2) is 42.9 Å². The van der Waals surface area contributed by atoms with Crippen LogP contribution in [0.5, 0.6) is 0 Å². The zero-order valence-corrected chi connectivity index (χ0v) is 11.3. The summed E-state index contributed by atoms with van der Waals surface area (Å²) in [6, 6.07) is 8.43. The van der Waals surface area contributed by atoms with Crippen LogP contribution in [-0.4, -0.2) is 24.1 Å². The molecule has 0 aliphatic heterocycles. The SMILES string of the molecule is N#Cc1ccc(NS(=O)(=O)CCc2ccncc2)nc1. The van der Waals surface area contributed by atoms with Gasteiger partial charge in [-0.2, -0.15) is 5.26 Å². The Morgan fingerprint density at radius 2 is 1.95 bits per heavy atom. The van der Waals surface area contributed by atoms with Gasteiger partial charge in [0.15, 0.2) is 0 Å². The Labute approximate surface area is 117 Å². The molecular weight excluding hydrogens is 276 g/mol. The molecule has 20 heavy (non-hydrogen) atoms. The Morgan fingerprint density at radius 3 is 2.55 bits per heavy atom. The third-order valence-corrected chi connectivity index (χ3v) is 3.82. The topological polar surface area (TPSA) is 95.7 Å². The number of anilines is 1. The fourth-order valence-electron chi connectivity index (χ4n) is 1.53. The van der Waals surface area contributed by atoms with E-state index in [-0.39, 0.29) is 11.6 Å². The van der Waals surface area contributed by atoms with Crippen LogP contribution < -0.4 is 4.72 Å². The minimum absolute atomic E-state index is 0.0430. The molecule has 0 aliphatic rings. The lowest BCUT2D eigenvalue weighted by Crippen LogP contribution is -2.18. The Morgan fingerprint density at radius 1 is 1.20 bits per heavy atom. The summed E-state index contributed by atoms with van der Waals surface area (Å²) >= 11 is 0. The van der Waals surface area contributed by atoms with Crippen molar-refractivity contribution in [3.8, 4) is 6.07 Å². The zero-order chi connectivity index (χ0) is 14.4. The van der Waals surface area contributed by atoms with Gasteiger partial charge in [0.1, 0.15) is 11.9 Å². The number of aromatic nitrogens is 2. The fourth-order valence-corrected chi connectivity index (χ4v) is 2.58. The molecule has 0 saturated heterocycles. The number of aryl methyl sites for hydroxylation is 1. The van der Waals surface area contributed by atoms with Gasteiger partial charge in [-0.05, 0) is 36.2 Å². The van der Waals surface area contributed by atoms with E-state index in [0.29, 0.717) is 12.0 Å². The van der Waals surface area contributed by atoms with Crippen LogP contribution in [0, 0.1) is 11.3 Å². The van der Waals surface area contributed by atoms with Crippen molar-refractivity contribution in [2.45, 2.75) is 6.42 Å². The van der Waals surface area contributed by atoms with Crippen LogP contribution in [0.3, 0.4) is 0 Å². The average molecular weight is 288 g/mol. The highest BCUT2D eigenvalue weighted by Gasteiger charge is 2.11. The lowest BCUT2D eigenvalue weighted by atomic mass is 10.2. The number of hydrogen-bond acceptors (Lipinski definition) is 5. The second-order valence-electron chi connectivity index (χ2n) is 4.07. The van der Waals surface area contributed by atoms with Crippen molar-refractivity contribution < 1.29 is 8.42 Å². The van der Waals surface area contributed by atoms with E-state index in [1.54, 1.807) is 24.5 Å². The third-order valence-electron chi connectivity index (χ3n) is 2.56. The minimum Gasteiger partial charge on any atom is -0.267 e. The lowest BCUT2D eigenvalue weighted by molar-refractivity contribution is 0.600. The molecule has 0 amide bonds. The number of rotatable bonds is 5. The summed E-state index contributed by atoms with van der Waals surface area (Å²) in [6.07, 6.45) is 4.96. The molecule has 0 aromatic carbocycles. The van der Waals surface area contributed by atoms with Crippen LogP contribution >= 0.6 is 0 Å². The third kappa shape index (κ3) is 4.03. The van der Waals surface area contributed by atoms with Crippen molar-refractivity contribution in [3.05, 3.63) is 54.0 Å². The van der Waals surface area contributed by atoms with Crippen molar-refractivity contribution in [3.63, 3.8) is 0 Å². The summed E-state index contributed by atoms with van der Waals surface area (Å²) in [7, 11) is -3.47. The fraction of sp³-hybridized carbons (Fsp3) is 0.154. The maximum absolute atomic E-state index is 11.9. The Bertz CT molecular complexity index is 706. The second kappa shape index (κ2) is 6.12. The highest BCUT2D eigenvalue weighted by molar-refractivity contribution is 7.92. The first kappa shape index (κ1) is 14.0. The Hall–Kier alpha value is -2.46. The molecule has 102 valence electrons. The van der Waals surface area contributed by atoms with E-state index in [1.165, 1.54) is 18.3 Å². The summed E-state index contributed by atoms with van der Waals surface area (Å²) in [6.45, 7) is 0. The molecule has 0 saturated carbocycles. The van der Waals surface area contributed by atoms with Crippen molar-refractivity contribution in [1.82, 2.24) is 9.97 Å². The van der Waals surface area contributed by atoms with Crippen LogP contribution in [-0.2, 0) is 16.4 Å². The molecule has 0 atom stereocenters. The van der Waals surface area contributed by atoms with Gasteiger partial charge >= 0.3 is 0 Å². The predicted molar refractivity (Wildman–Crippen MR) is 74.3 cm³/mol. The maximum atomic E-state index is 11.9. The van der Waals surface area contributed by atoms with Gasteiger partial charge in [0.25, 0.3) is 0 Å². The van der Waals surface area contributed by atoms with Gasteiger partial charge in [-0.1, -0.05) is 0 Å². The van der Waals surface area contributed by atoms with Gasteiger partial charge < -0.3 is 0 Å². The number of nitrogens with zero attached hydrogens (tertiary/aromatic N) is 3. The molecule has 0 radical (unpaired) electrons. The molecule has 1 N–H and O–H groups in total. The summed E-state index contributed by atoms with van der Waals surface area (Å²) in [4.78, 5) is 7.74. The first-order valence-corrected chi connectivity index (χ1v) is 7.50. The summed E-state index contributed by atoms with van der Waals surface area (Å²) in [5.41, 5.74) is 1.28. The molecule has 6 nitrogen and oxygen atoms in total. The molecule has 0 unspecified atom stereocenters. The quantitative estimate of drug-likeness (QED) is 0.895. The molecule has 0 fully saturated rings. The molecule has 2 rings (SSSR count). The highest BCUT2D eigenvalue weighted by atomic mass is 32.2. The van der Waals surface area contributed by atoms with E-state index in [0.717, 1.165) is 5.56 Å². The normalized spacial score (nSPS) is 10.8. The van der Waals surface area contributed by atoms with Crippen molar-refractivity contribution in [2.75, 3.05) is 10.5 Å². The van der Waals surface area contributed by atoms with E-state index in [4.69, 9.17) is 5.26 Å². The van der Waals surface area contributed by atoms with E-state index in [9.17, 15) is 8.42 Å². The molecule has 0 spiro atoms. The lowest BCUT2D eigenvalue weighted by Gasteiger charge is -2.07. The maximum Gasteiger partial charge on any atom is 0.234 e. The number of nitrogens with one attached hydrogen (secondary N) is 1. The molecule has 2 aromatic heterocycles. The molecule has 7 heteroatoms. The predicted octanol–water partition coefficient (Wildman–Crippen LogP) is 1.33. The van der Waals surface area contributed by atoms with E-state index in [2.05, 4.69) is 14.7 Å². The standard InChI is InChI=1S/C13H12N4O2S/c14-9-12-1-2-13(16-10-12)17-20(18,19)8-5-11-3-6-15-7-4-11/h1-4,6-7,10H,5,8H2,(H,16,17). The monoisotopic (exact) mass is 288 g/mol. The summed E-state index contributed by atoms with van der Waals surface area (Å²) in [5, 5.41) is 8.64. The molecule has 0 bridgehead atoms. The molecular formula is C13H12N4O2S. The first-order chi connectivity index (χ1) is 9.59. The van der Waals surface area contributed by atoms with Crippen LogP contribution in [0.1, 0.15) is 11.1 Å². The van der Waals surface area contributed by atoms with E-state index >= 15 is 0 Å². The van der Waals surface area contributed by atoms with Gasteiger partial charge in [-0.25, -0.2) is 13.4 Å². The zero-order valence-electron chi connectivity index (χ0n) is 10.5. The van der Waals surface area contributed by atoms with E-state index < -0.39 is 10.0 Å². The molecule has 2 heterocycles. The summed E-state index contributed by atoms with van der Waals surface area (Å²) < 4.78 is 26.2. The van der Waals surface area contributed by atoms with Gasteiger partial charge in [0.2, 0.25) is 10.0 Å². The van der Waals surface area contributed by atoms with Crippen LogP contribution in [0.25, 0.3) is 0 Å². The van der Waals surface area contributed by atoms with Crippen molar-refractivity contribution in [1.29, 1.82) is 5.26 Å². The molecule has 0 aliphatic carbocycles. The van der Waals surface area contributed by atoms with Gasteiger partial charge in [-0.3, -0.25) is 9.71 Å². The van der Waals surface area contributed by atoms with Gasteiger partial charge in [0, 0.05) is 18.6 Å². The average Bonchev–Trinajstić information content (AvgIpc) is 2.47. The smallest absolute Gasteiger partial charge is 0.234 e. The van der Waals surface area contributed by atoms with Gasteiger partial charge in [-0.15, -0.1) is 0 Å². The Kier molecular flexibility index (Phi) is 4.27. The van der Waals surface area contributed by atoms with Crippen LogP contribution in [0.2, 0.25) is 0 Å². The molecule has 2 aromatic rings. The second-order valence-corrected chi connectivity index (χ2v) is 5.91. The van der Waals surface area contributed by atoms with Gasteiger partial charge in [0.05, 0.1) is 11.3 Å². The number of nitriles is 1. The van der Waals surface area contributed by atoms with E-state index in [1.807, 2.05) is 6.07 Å². The minimum atomic E-state index is -3.47. The summed E-state index contributed by atoms with van der Waals surface area (Å²) in [5.74, 6) is 0.164. The number of sulfonamides is 1. The Balaban J connectivity index is 1.98. The highest BCUT2D eigenvalue weighted by Crippen LogP contribution is 2.08. The number of pyridine rings is 2. The van der Waals surface area contributed by atoms with Crippen LogP contribution in [0.4, 0.5) is 5.82 Å².